The molecule has 6 rings (SSSR count). The lowest BCUT2D eigenvalue weighted by Gasteiger charge is -2.62. The van der Waals surface area contributed by atoms with Crippen LogP contribution in [-0.4, -0.2) is 98.0 Å². The molecule has 0 aromatic carbocycles. The molecular weight excluding hydrogens is 636 g/mol. The summed E-state index contributed by atoms with van der Waals surface area (Å²) in [6.45, 7) is 7.17. The molecular formula is C40H68N2O8. The van der Waals surface area contributed by atoms with Gasteiger partial charge in [-0.25, -0.2) is 0 Å². The van der Waals surface area contributed by atoms with Gasteiger partial charge in [0, 0.05) is 17.9 Å². The number of ketones is 1. The van der Waals surface area contributed by atoms with Gasteiger partial charge in [-0.2, -0.15) is 0 Å². The van der Waals surface area contributed by atoms with E-state index < -0.39 is 58.3 Å². The summed E-state index contributed by atoms with van der Waals surface area (Å²) in [6, 6.07) is 0. The number of aliphatic hydroxyl groups excluding tert-OH is 4. The fourth-order valence-corrected chi connectivity index (χ4v) is 12.5. The van der Waals surface area contributed by atoms with Gasteiger partial charge in [0.25, 0.3) is 0 Å². The third-order valence-corrected chi connectivity index (χ3v) is 15.5. The number of ether oxygens (including phenoxy) is 1. The van der Waals surface area contributed by atoms with Gasteiger partial charge in [-0.1, -0.05) is 39.5 Å². The van der Waals surface area contributed by atoms with Crippen molar-refractivity contribution in [3.8, 4) is 0 Å². The molecule has 0 amide bonds. The van der Waals surface area contributed by atoms with Gasteiger partial charge < -0.3 is 46.4 Å². The third-order valence-electron chi connectivity index (χ3n) is 15.5. The minimum Gasteiger partial charge on any atom is -0.396 e. The second kappa shape index (κ2) is 15.1. The summed E-state index contributed by atoms with van der Waals surface area (Å²) < 4.78 is 6.24. The molecule has 5 fully saturated rings. The van der Waals surface area contributed by atoms with E-state index in [2.05, 4.69) is 19.2 Å². The predicted molar refractivity (Wildman–Crippen MR) is 191 cm³/mol. The van der Waals surface area contributed by atoms with E-state index in [1.807, 2.05) is 0 Å². The molecule has 0 aromatic rings. The highest BCUT2D eigenvalue weighted by atomic mass is 16.5. The minimum atomic E-state index is -1.61. The minimum absolute atomic E-state index is 0.00620. The molecule has 3 saturated carbocycles. The highest BCUT2D eigenvalue weighted by Gasteiger charge is 2.71. The summed E-state index contributed by atoms with van der Waals surface area (Å²) in [7, 11) is 0. The number of nitrogens with two attached hydrogens (primary N) is 1. The first-order chi connectivity index (χ1) is 23.8. The number of carbonyl (C=O) groups is 1. The van der Waals surface area contributed by atoms with Crippen LogP contribution in [-0.2, 0) is 9.53 Å². The molecule has 4 aliphatic carbocycles. The van der Waals surface area contributed by atoms with E-state index >= 15 is 0 Å². The summed E-state index contributed by atoms with van der Waals surface area (Å²) in [4.78, 5) is 14.2. The molecule has 0 radical (unpaired) electrons. The number of rotatable bonds is 13. The first-order valence-electron chi connectivity index (χ1n) is 20.2. The molecule has 50 heavy (non-hydrogen) atoms. The van der Waals surface area contributed by atoms with Crippen LogP contribution in [0.3, 0.4) is 0 Å². The number of aliphatic hydroxyl groups is 6. The van der Waals surface area contributed by atoms with E-state index in [1.54, 1.807) is 13.0 Å². The van der Waals surface area contributed by atoms with Gasteiger partial charge in [0.1, 0.15) is 6.10 Å². The van der Waals surface area contributed by atoms with Crippen molar-refractivity contribution in [3.05, 3.63) is 11.6 Å². The fraction of sp³-hybridized carbons (Fsp3) is 0.925. The van der Waals surface area contributed by atoms with Crippen molar-refractivity contribution < 1.29 is 40.2 Å². The molecule has 10 heteroatoms. The lowest BCUT2D eigenvalue weighted by atomic mass is 9.43. The highest BCUT2D eigenvalue weighted by molar-refractivity contribution is 5.95. The van der Waals surface area contributed by atoms with Crippen LogP contribution in [0.25, 0.3) is 0 Å². The number of fused-ring (bicyclic) bond motifs is 5. The van der Waals surface area contributed by atoms with E-state index in [9.17, 15) is 35.4 Å². The Labute approximate surface area is 299 Å². The van der Waals surface area contributed by atoms with Crippen LogP contribution in [0.2, 0.25) is 0 Å². The van der Waals surface area contributed by atoms with E-state index in [0.717, 1.165) is 38.6 Å². The number of hydrogen-bond donors (Lipinski definition) is 8. The van der Waals surface area contributed by atoms with Crippen LogP contribution in [0.15, 0.2) is 11.6 Å². The van der Waals surface area contributed by atoms with Crippen molar-refractivity contribution in [2.75, 3.05) is 19.8 Å². The Kier molecular flexibility index (Phi) is 11.7. The highest BCUT2D eigenvalue weighted by Crippen LogP contribution is 2.70. The zero-order chi connectivity index (χ0) is 36.1. The standard InChI is InChI=1S/C40H68N2O8/c1-4-5-6-7-8-26-23-50-35(24(26)2)36(47)37(3,48)33-13-16-40(49)28-19-30(44)29-20-31(45)32(46)21-38(29,14-11-25-9-10-34(41)42-22-25)27(28)12-15-39(33,40)17-18-43/h19,24-27,29,31-36,42-43,45-49H,4-18,20-23,41H2,1-3H3. The van der Waals surface area contributed by atoms with E-state index in [0.29, 0.717) is 62.5 Å². The summed E-state index contributed by atoms with van der Waals surface area (Å²) in [5, 5.41) is 73.4. The number of carbonyl (C=O) groups excluding carboxylic acids is 1. The molecule has 9 N–H and O–H groups in total. The van der Waals surface area contributed by atoms with Gasteiger partial charge in [0.15, 0.2) is 5.78 Å². The Bertz CT molecular complexity index is 1220. The zero-order valence-corrected chi connectivity index (χ0v) is 30.9. The lowest BCUT2D eigenvalue weighted by Crippen LogP contribution is -2.65. The number of nitrogens with one attached hydrogen (secondary N) is 1. The van der Waals surface area contributed by atoms with Crippen molar-refractivity contribution >= 4 is 5.78 Å². The van der Waals surface area contributed by atoms with Gasteiger partial charge >= 0.3 is 0 Å². The molecule has 6 aliphatic rings. The van der Waals surface area contributed by atoms with Gasteiger partial charge in [-0.3, -0.25) is 4.79 Å². The first-order valence-corrected chi connectivity index (χ1v) is 20.2. The molecule has 15 unspecified atom stereocenters. The smallest absolute Gasteiger partial charge is 0.159 e. The number of piperidine rings is 1. The van der Waals surface area contributed by atoms with E-state index in [4.69, 9.17) is 10.5 Å². The van der Waals surface area contributed by atoms with Gasteiger partial charge in [0.05, 0.1) is 42.3 Å². The topological polar surface area (TPSA) is 186 Å². The van der Waals surface area contributed by atoms with Crippen molar-refractivity contribution in [2.45, 2.75) is 165 Å². The van der Waals surface area contributed by atoms with E-state index in [-0.39, 0.29) is 43.2 Å². The second-order valence-corrected chi connectivity index (χ2v) is 18.0. The van der Waals surface area contributed by atoms with Crippen molar-refractivity contribution in [3.63, 3.8) is 0 Å². The molecule has 0 aromatic heterocycles. The molecule has 2 saturated heterocycles. The number of unbranched alkanes of at least 4 members (excludes halogenated alkanes) is 3. The van der Waals surface area contributed by atoms with Gasteiger partial charge in [0.2, 0.25) is 0 Å². The molecule has 2 aliphatic heterocycles. The molecule has 0 spiro atoms. The Morgan fingerprint density at radius 2 is 1.84 bits per heavy atom. The van der Waals surface area contributed by atoms with Crippen LogP contribution in [0, 0.1) is 46.3 Å². The summed E-state index contributed by atoms with van der Waals surface area (Å²) >= 11 is 0. The van der Waals surface area contributed by atoms with Crippen molar-refractivity contribution in [1.29, 1.82) is 0 Å². The maximum absolute atomic E-state index is 14.2. The van der Waals surface area contributed by atoms with Gasteiger partial charge in [-0.15, -0.1) is 0 Å². The first kappa shape index (κ1) is 38.8. The monoisotopic (exact) mass is 704 g/mol. The normalized spacial score (nSPS) is 46.4. The fourth-order valence-electron chi connectivity index (χ4n) is 12.5. The van der Waals surface area contributed by atoms with Crippen LogP contribution in [0.4, 0.5) is 0 Å². The second-order valence-electron chi connectivity index (χ2n) is 18.0. The van der Waals surface area contributed by atoms with Gasteiger partial charge in [-0.05, 0) is 137 Å². The van der Waals surface area contributed by atoms with Crippen molar-refractivity contribution in [1.82, 2.24) is 5.32 Å². The molecule has 286 valence electrons. The zero-order valence-electron chi connectivity index (χ0n) is 30.9. The molecule has 0 bridgehead atoms. The number of hydrogen-bond acceptors (Lipinski definition) is 10. The molecule has 2 heterocycles. The molecule has 10 nitrogen and oxygen atoms in total. The van der Waals surface area contributed by atoms with Crippen molar-refractivity contribution in [2.24, 2.45) is 52.1 Å². The predicted octanol–water partition coefficient (Wildman–Crippen LogP) is 3.33. The maximum atomic E-state index is 14.2. The summed E-state index contributed by atoms with van der Waals surface area (Å²) in [6.07, 6.45) is 9.82. The average Bonchev–Trinajstić information content (AvgIpc) is 3.60. The average molecular weight is 705 g/mol. The summed E-state index contributed by atoms with van der Waals surface area (Å²) in [5.74, 6) is -0.485. The SMILES string of the molecule is CCCCCCC1COC(C(O)C(C)(O)C2CCC3(O)C4=CC(=O)C5CC(O)C(O)CC5(CCC5CCC(N)NC5)C4CCC23CCO)C1C. The van der Waals surface area contributed by atoms with Crippen LogP contribution >= 0.6 is 0 Å². The Morgan fingerprint density at radius 3 is 2.54 bits per heavy atom. The Balaban J connectivity index is 1.28. The largest absolute Gasteiger partial charge is 0.396 e. The maximum Gasteiger partial charge on any atom is 0.159 e. The van der Waals surface area contributed by atoms with Crippen LogP contribution < -0.4 is 11.1 Å². The third kappa shape index (κ3) is 6.48. The van der Waals surface area contributed by atoms with Crippen LogP contribution in [0.5, 0.6) is 0 Å². The van der Waals surface area contributed by atoms with Crippen LogP contribution in [0.1, 0.15) is 124 Å². The Morgan fingerprint density at radius 1 is 1.06 bits per heavy atom. The quantitative estimate of drug-likeness (QED) is 0.132. The molecule has 15 atom stereocenters. The Hall–Kier alpha value is -0.950. The lowest BCUT2D eigenvalue weighted by molar-refractivity contribution is -0.203. The summed E-state index contributed by atoms with van der Waals surface area (Å²) in [5.41, 5.74) is 2.14. The van der Waals surface area contributed by atoms with E-state index in [1.165, 1.54) is 19.3 Å². The number of allylic oxidation sites excluding steroid dienone is 1.